The second-order valence-corrected chi connectivity index (χ2v) is 6.98. The van der Waals surface area contributed by atoms with E-state index in [1.165, 1.54) is 19.1 Å². The number of anilines is 3. The third kappa shape index (κ3) is 8.10. The van der Waals surface area contributed by atoms with Crippen molar-refractivity contribution in [1.82, 2.24) is 0 Å². The molecule has 0 aliphatic rings. The van der Waals surface area contributed by atoms with Gasteiger partial charge in [-0.15, -0.1) is 0 Å². The van der Waals surface area contributed by atoms with E-state index in [9.17, 15) is 19.2 Å². The van der Waals surface area contributed by atoms with Crippen LogP contribution in [0.3, 0.4) is 0 Å². The Balaban J connectivity index is 1.71. The van der Waals surface area contributed by atoms with Crippen molar-refractivity contribution in [3.05, 3.63) is 52.5 Å². The van der Waals surface area contributed by atoms with Gasteiger partial charge in [-0.3, -0.25) is 19.2 Å². The van der Waals surface area contributed by atoms with Crippen molar-refractivity contribution in [2.45, 2.75) is 19.8 Å². The third-order valence-electron chi connectivity index (χ3n) is 3.61. The maximum atomic E-state index is 11.9. The van der Waals surface area contributed by atoms with Gasteiger partial charge in [-0.2, -0.15) is 0 Å². The summed E-state index contributed by atoms with van der Waals surface area (Å²) in [6.45, 7) is 0.874. The van der Waals surface area contributed by atoms with Crippen molar-refractivity contribution in [3.63, 3.8) is 0 Å². The van der Waals surface area contributed by atoms with Gasteiger partial charge in [0.1, 0.15) is 0 Å². The molecule has 0 bridgehead atoms. The fourth-order valence-electron chi connectivity index (χ4n) is 2.28. The summed E-state index contributed by atoms with van der Waals surface area (Å²) in [6.07, 6.45) is -0.310. The number of rotatable bonds is 8. The minimum Gasteiger partial charge on any atom is -0.456 e. The van der Waals surface area contributed by atoms with Crippen LogP contribution in [-0.2, 0) is 23.9 Å². The van der Waals surface area contributed by atoms with Gasteiger partial charge in [0.25, 0.3) is 5.91 Å². The molecule has 0 aliphatic carbocycles. The smallest absolute Gasteiger partial charge is 0.306 e. The maximum Gasteiger partial charge on any atom is 0.306 e. The molecule has 3 N–H and O–H groups in total. The predicted octanol–water partition coefficient (Wildman–Crippen LogP) is 3.85. The number of benzene rings is 2. The van der Waals surface area contributed by atoms with E-state index in [1.807, 2.05) is 0 Å². The van der Waals surface area contributed by atoms with Gasteiger partial charge in [-0.1, -0.05) is 23.2 Å². The molecule has 8 nitrogen and oxygen atoms in total. The fraction of sp³-hybridized carbons (Fsp3) is 0.200. The average molecular weight is 452 g/mol. The van der Waals surface area contributed by atoms with E-state index >= 15 is 0 Å². The first-order valence-electron chi connectivity index (χ1n) is 8.81. The van der Waals surface area contributed by atoms with Crippen LogP contribution in [0.1, 0.15) is 19.8 Å². The molecule has 10 heteroatoms. The van der Waals surface area contributed by atoms with E-state index in [0.29, 0.717) is 27.1 Å². The molecule has 0 saturated heterocycles. The van der Waals surface area contributed by atoms with Crippen molar-refractivity contribution < 1.29 is 23.9 Å². The van der Waals surface area contributed by atoms with Crippen LogP contribution >= 0.6 is 23.2 Å². The number of hydrogen-bond acceptors (Lipinski definition) is 5. The van der Waals surface area contributed by atoms with Crippen LogP contribution in [0, 0.1) is 0 Å². The van der Waals surface area contributed by atoms with Crippen LogP contribution in [0.15, 0.2) is 42.5 Å². The highest BCUT2D eigenvalue weighted by Crippen LogP contribution is 2.25. The molecule has 0 atom stereocenters. The maximum absolute atomic E-state index is 11.9. The van der Waals surface area contributed by atoms with Crippen LogP contribution in [0.2, 0.25) is 10.0 Å². The molecule has 0 spiro atoms. The topological polar surface area (TPSA) is 114 Å². The van der Waals surface area contributed by atoms with Gasteiger partial charge in [-0.25, -0.2) is 0 Å². The Kier molecular flexibility index (Phi) is 8.64. The average Bonchev–Trinajstić information content (AvgIpc) is 2.69. The number of carbonyl (C=O) groups is 4. The number of hydrogen-bond donors (Lipinski definition) is 3. The van der Waals surface area contributed by atoms with Crippen molar-refractivity contribution in [2.24, 2.45) is 0 Å². The van der Waals surface area contributed by atoms with Crippen LogP contribution in [0.25, 0.3) is 0 Å². The van der Waals surface area contributed by atoms with Gasteiger partial charge < -0.3 is 20.7 Å². The Bertz CT molecular complexity index is 948. The lowest BCUT2D eigenvalue weighted by molar-refractivity contribution is -0.147. The highest BCUT2D eigenvalue weighted by molar-refractivity contribution is 6.35. The van der Waals surface area contributed by atoms with Crippen LogP contribution in [0.4, 0.5) is 17.1 Å². The third-order valence-corrected chi connectivity index (χ3v) is 4.18. The van der Waals surface area contributed by atoms with E-state index in [2.05, 4.69) is 16.0 Å². The monoisotopic (exact) mass is 451 g/mol. The largest absolute Gasteiger partial charge is 0.456 e. The molecule has 30 heavy (non-hydrogen) atoms. The Hall–Kier alpha value is -3.10. The van der Waals surface area contributed by atoms with Gasteiger partial charge in [0.2, 0.25) is 11.8 Å². The first-order chi connectivity index (χ1) is 14.2. The summed E-state index contributed by atoms with van der Waals surface area (Å²) in [7, 11) is 0. The molecule has 0 aliphatic heterocycles. The number of amides is 3. The zero-order valence-corrected chi connectivity index (χ0v) is 17.5. The molecule has 3 amide bonds. The molecule has 158 valence electrons. The van der Waals surface area contributed by atoms with E-state index in [1.54, 1.807) is 30.3 Å². The summed E-state index contributed by atoms with van der Waals surface area (Å²) in [5.74, 6) is -1.88. The standard InChI is InChI=1S/C20H19Cl2N3O5/c1-12(26)23-14-3-5-15(6-4-14)24-18(27)8-9-20(29)30-11-19(28)25-17-10-13(21)2-7-16(17)22/h2-7,10H,8-9,11H2,1H3,(H,23,26)(H,24,27)(H,25,28). The Morgan fingerprint density at radius 1 is 0.833 bits per heavy atom. The van der Waals surface area contributed by atoms with Crippen LogP contribution in [0.5, 0.6) is 0 Å². The highest BCUT2D eigenvalue weighted by atomic mass is 35.5. The highest BCUT2D eigenvalue weighted by Gasteiger charge is 2.12. The molecule has 0 heterocycles. The zero-order valence-electron chi connectivity index (χ0n) is 16.0. The van der Waals surface area contributed by atoms with Gasteiger partial charge >= 0.3 is 5.97 Å². The molecule has 0 saturated carbocycles. The van der Waals surface area contributed by atoms with E-state index in [4.69, 9.17) is 27.9 Å². The lowest BCUT2D eigenvalue weighted by Crippen LogP contribution is -2.22. The molecule has 2 aromatic carbocycles. The van der Waals surface area contributed by atoms with Crippen LogP contribution in [-0.4, -0.2) is 30.3 Å². The summed E-state index contributed by atoms with van der Waals surface area (Å²) in [5.41, 5.74) is 1.41. The summed E-state index contributed by atoms with van der Waals surface area (Å²) in [6, 6.07) is 11.1. The molecule has 2 aromatic rings. The summed E-state index contributed by atoms with van der Waals surface area (Å²) in [4.78, 5) is 46.5. The summed E-state index contributed by atoms with van der Waals surface area (Å²) < 4.78 is 4.85. The minimum absolute atomic E-state index is 0.117. The number of carbonyl (C=O) groups excluding carboxylic acids is 4. The van der Waals surface area contributed by atoms with Gasteiger partial charge in [-0.05, 0) is 42.5 Å². The predicted molar refractivity (Wildman–Crippen MR) is 115 cm³/mol. The number of esters is 1. The molecule has 0 unspecified atom stereocenters. The molecular formula is C20H19Cl2N3O5. The number of nitrogens with one attached hydrogen (secondary N) is 3. The zero-order chi connectivity index (χ0) is 22.1. The van der Waals surface area contributed by atoms with Crippen molar-refractivity contribution in [3.8, 4) is 0 Å². The van der Waals surface area contributed by atoms with Gasteiger partial charge in [0.15, 0.2) is 6.61 Å². The normalized spacial score (nSPS) is 10.1. The van der Waals surface area contributed by atoms with E-state index < -0.39 is 24.4 Å². The van der Waals surface area contributed by atoms with E-state index in [0.717, 1.165) is 0 Å². The number of halogens is 2. The van der Waals surface area contributed by atoms with Crippen molar-refractivity contribution >= 4 is 64.0 Å². The summed E-state index contributed by atoms with van der Waals surface area (Å²) >= 11 is 11.8. The summed E-state index contributed by atoms with van der Waals surface area (Å²) in [5, 5.41) is 8.40. The lowest BCUT2D eigenvalue weighted by Gasteiger charge is -2.09. The van der Waals surface area contributed by atoms with Crippen LogP contribution < -0.4 is 16.0 Å². The van der Waals surface area contributed by atoms with Crippen molar-refractivity contribution in [1.29, 1.82) is 0 Å². The Morgan fingerprint density at radius 3 is 2.10 bits per heavy atom. The Labute approximate surface area is 182 Å². The molecule has 0 aromatic heterocycles. The van der Waals surface area contributed by atoms with Gasteiger partial charge in [0.05, 0.1) is 17.1 Å². The SMILES string of the molecule is CC(=O)Nc1ccc(NC(=O)CCC(=O)OCC(=O)Nc2cc(Cl)ccc2Cl)cc1. The van der Waals surface area contributed by atoms with Gasteiger partial charge in [0, 0.05) is 29.7 Å². The second-order valence-electron chi connectivity index (χ2n) is 6.14. The Morgan fingerprint density at radius 2 is 1.47 bits per heavy atom. The first-order valence-corrected chi connectivity index (χ1v) is 9.56. The fourth-order valence-corrected chi connectivity index (χ4v) is 2.61. The molecule has 0 fully saturated rings. The lowest BCUT2D eigenvalue weighted by atomic mass is 10.2. The molecule has 2 rings (SSSR count). The second kappa shape index (κ2) is 11.2. The number of ether oxygens (including phenoxy) is 1. The van der Waals surface area contributed by atoms with Crippen molar-refractivity contribution in [2.75, 3.05) is 22.6 Å². The van der Waals surface area contributed by atoms with E-state index in [-0.39, 0.29) is 18.7 Å². The molecule has 0 radical (unpaired) electrons. The minimum atomic E-state index is -0.696. The quantitative estimate of drug-likeness (QED) is 0.527. The first kappa shape index (κ1) is 23.2. The molecular weight excluding hydrogens is 433 g/mol.